The molecule has 0 aromatic carbocycles. The van der Waals surface area contributed by atoms with Gasteiger partial charge in [-0.25, -0.2) is 0 Å². The summed E-state index contributed by atoms with van der Waals surface area (Å²) in [5.74, 6) is 0.383. The first-order chi connectivity index (χ1) is 6.22. The second-order valence-electron chi connectivity index (χ2n) is 3.36. The number of hydrogen-bond donors (Lipinski definition) is 3. The van der Waals surface area contributed by atoms with Crippen molar-refractivity contribution in [2.24, 2.45) is 5.92 Å². The number of hydrogen-bond acceptors (Lipinski definition) is 4. The van der Waals surface area contributed by atoms with Crippen molar-refractivity contribution in [1.82, 2.24) is 5.32 Å². The highest BCUT2D eigenvalue weighted by molar-refractivity contribution is 4.64. The Labute approximate surface area is 79.9 Å². The van der Waals surface area contributed by atoms with Crippen molar-refractivity contribution >= 4 is 0 Å². The van der Waals surface area contributed by atoms with Crippen LogP contribution < -0.4 is 5.32 Å². The molecule has 13 heavy (non-hydrogen) atoms. The minimum absolute atomic E-state index is 0.0451. The van der Waals surface area contributed by atoms with Gasteiger partial charge in [-0.15, -0.1) is 0 Å². The molecule has 0 saturated heterocycles. The molecule has 0 aliphatic heterocycles. The van der Waals surface area contributed by atoms with E-state index in [1.807, 2.05) is 13.8 Å². The minimum atomic E-state index is -0.232. The van der Waals surface area contributed by atoms with Gasteiger partial charge >= 0.3 is 0 Å². The summed E-state index contributed by atoms with van der Waals surface area (Å²) in [5, 5.41) is 20.3. The number of aliphatic hydroxyl groups excluding tert-OH is 2. The molecular formula is C9H21NO3. The molecule has 0 heterocycles. The average Bonchev–Trinajstić information content (AvgIpc) is 2.10. The highest BCUT2D eigenvalue weighted by atomic mass is 16.6. The van der Waals surface area contributed by atoms with E-state index in [0.29, 0.717) is 5.92 Å². The summed E-state index contributed by atoms with van der Waals surface area (Å²) in [6, 6.07) is 0. The summed E-state index contributed by atoms with van der Waals surface area (Å²) in [4.78, 5) is 0. The second kappa shape index (κ2) is 8.44. The van der Waals surface area contributed by atoms with Crippen molar-refractivity contribution in [2.45, 2.75) is 26.4 Å². The minimum Gasteiger partial charge on any atom is -0.396 e. The zero-order valence-electron chi connectivity index (χ0n) is 8.49. The van der Waals surface area contributed by atoms with E-state index in [1.165, 1.54) is 0 Å². The normalized spacial score (nSPS) is 13.6. The van der Waals surface area contributed by atoms with Gasteiger partial charge in [0.15, 0.2) is 0 Å². The zero-order chi connectivity index (χ0) is 10.1. The Balaban J connectivity index is 3.45. The zero-order valence-corrected chi connectivity index (χ0v) is 8.49. The number of rotatable bonds is 8. The summed E-state index contributed by atoms with van der Waals surface area (Å²) < 4.78 is 5.11. The molecule has 0 unspecified atom stereocenters. The van der Waals surface area contributed by atoms with E-state index in [4.69, 9.17) is 14.9 Å². The lowest BCUT2D eigenvalue weighted by Crippen LogP contribution is -2.34. The van der Waals surface area contributed by atoms with Crippen molar-refractivity contribution in [3.63, 3.8) is 0 Å². The van der Waals surface area contributed by atoms with Crippen LogP contribution in [-0.2, 0) is 4.74 Å². The van der Waals surface area contributed by atoms with Crippen molar-refractivity contribution in [1.29, 1.82) is 0 Å². The largest absolute Gasteiger partial charge is 0.396 e. The lowest BCUT2D eigenvalue weighted by atomic mass is 10.1. The number of ether oxygens (including phenoxy) is 1. The summed E-state index contributed by atoms with van der Waals surface area (Å²) >= 11 is 0. The van der Waals surface area contributed by atoms with Crippen molar-refractivity contribution < 1.29 is 14.9 Å². The van der Waals surface area contributed by atoms with Gasteiger partial charge in [0.1, 0.15) is 6.79 Å². The Hall–Kier alpha value is -0.160. The van der Waals surface area contributed by atoms with Crippen LogP contribution in [0.4, 0.5) is 0 Å². The quantitative estimate of drug-likeness (QED) is 0.372. The predicted octanol–water partition coefficient (Wildman–Crippen LogP) is -0.0506. The Morgan fingerprint density at radius 3 is 2.46 bits per heavy atom. The van der Waals surface area contributed by atoms with Gasteiger partial charge in [0.25, 0.3) is 0 Å². The van der Waals surface area contributed by atoms with E-state index < -0.39 is 0 Å². The maximum Gasteiger partial charge on any atom is 0.143 e. The number of nitrogens with one attached hydrogen (secondary N) is 1. The Kier molecular flexibility index (Phi) is 8.33. The Morgan fingerprint density at radius 1 is 1.31 bits per heavy atom. The van der Waals surface area contributed by atoms with Crippen LogP contribution in [0, 0.1) is 5.92 Å². The molecule has 0 amide bonds. The van der Waals surface area contributed by atoms with E-state index in [-0.39, 0.29) is 19.5 Å². The molecule has 0 radical (unpaired) electrons. The summed E-state index contributed by atoms with van der Waals surface area (Å²) in [7, 11) is 0. The standard InChI is InChI=1S/C9H21NO3/c1-8(2)9(13-7-12)6-10-4-3-5-11/h8-12H,3-7H2,1-2H3/t9-/m0/s1. The smallest absolute Gasteiger partial charge is 0.143 e. The molecule has 3 N–H and O–H groups in total. The number of aliphatic hydroxyl groups is 2. The van der Waals surface area contributed by atoms with Crippen LogP contribution in [0.25, 0.3) is 0 Å². The summed E-state index contributed by atoms with van der Waals surface area (Å²) in [5.41, 5.74) is 0. The van der Waals surface area contributed by atoms with E-state index in [1.54, 1.807) is 0 Å². The van der Waals surface area contributed by atoms with Crippen molar-refractivity contribution in [2.75, 3.05) is 26.5 Å². The molecule has 0 saturated carbocycles. The molecule has 0 aromatic rings. The maximum atomic E-state index is 8.60. The van der Waals surface area contributed by atoms with Crippen LogP contribution in [0.3, 0.4) is 0 Å². The third kappa shape index (κ3) is 6.95. The fourth-order valence-electron chi connectivity index (χ4n) is 1.03. The Morgan fingerprint density at radius 2 is 2.00 bits per heavy atom. The van der Waals surface area contributed by atoms with Crippen molar-refractivity contribution in [3.8, 4) is 0 Å². The first kappa shape index (κ1) is 12.8. The highest BCUT2D eigenvalue weighted by Crippen LogP contribution is 2.04. The summed E-state index contributed by atoms with van der Waals surface area (Å²) in [6.45, 7) is 5.58. The summed E-state index contributed by atoms with van der Waals surface area (Å²) in [6.07, 6.45) is 0.799. The molecule has 0 aromatic heterocycles. The molecule has 0 aliphatic rings. The van der Waals surface area contributed by atoms with E-state index in [2.05, 4.69) is 5.32 Å². The van der Waals surface area contributed by atoms with Crippen LogP contribution in [0.1, 0.15) is 20.3 Å². The third-order valence-electron chi connectivity index (χ3n) is 1.89. The van der Waals surface area contributed by atoms with Crippen LogP contribution in [0.2, 0.25) is 0 Å². The average molecular weight is 191 g/mol. The maximum absolute atomic E-state index is 8.60. The molecular weight excluding hydrogens is 170 g/mol. The van der Waals surface area contributed by atoms with Crippen LogP contribution >= 0.6 is 0 Å². The van der Waals surface area contributed by atoms with Gasteiger partial charge in [-0.05, 0) is 18.9 Å². The molecule has 0 aliphatic carbocycles. The van der Waals surface area contributed by atoms with Gasteiger partial charge in [0.05, 0.1) is 6.10 Å². The van der Waals surface area contributed by atoms with E-state index in [9.17, 15) is 0 Å². The van der Waals surface area contributed by atoms with Crippen LogP contribution in [0.5, 0.6) is 0 Å². The lowest BCUT2D eigenvalue weighted by Gasteiger charge is -2.20. The van der Waals surface area contributed by atoms with Crippen LogP contribution in [-0.4, -0.2) is 42.8 Å². The van der Waals surface area contributed by atoms with Gasteiger partial charge in [0.2, 0.25) is 0 Å². The molecule has 4 nitrogen and oxygen atoms in total. The molecule has 0 spiro atoms. The Bertz CT molecular complexity index is 109. The van der Waals surface area contributed by atoms with Gasteiger partial charge in [0, 0.05) is 13.2 Å². The highest BCUT2D eigenvalue weighted by Gasteiger charge is 2.12. The lowest BCUT2D eigenvalue weighted by molar-refractivity contribution is -0.0661. The predicted molar refractivity (Wildman–Crippen MR) is 51.4 cm³/mol. The molecule has 80 valence electrons. The second-order valence-corrected chi connectivity index (χ2v) is 3.36. The van der Waals surface area contributed by atoms with Crippen LogP contribution in [0.15, 0.2) is 0 Å². The first-order valence-corrected chi connectivity index (χ1v) is 4.76. The molecule has 0 bridgehead atoms. The van der Waals surface area contributed by atoms with E-state index in [0.717, 1.165) is 19.5 Å². The first-order valence-electron chi connectivity index (χ1n) is 4.76. The third-order valence-corrected chi connectivity index (χ3v) is 1.89. The molecule has 0 rings (SSSR count). The SMILES string of the molecule is CC(C)[C@H](CNCCCO)OCO. The monoisotopic (exact) mass is 191 g/mol. The topological polar surface area (TPSA) is 61.7 Å². The van der Waals surface area contributed by atoms with Gasteiger partial charge in [-0.2, -0.15) is 0 Å². The van der Waals surface area contributed by atoms with Crippen molar-refractivity contribution in [3.05, 3.63) is 0 Å². The molecule has 4 heteroatoms. The molecule has 1 atom stereocenters. The molecule has 0 fully saturated rings. The van der Waals surface area contributed by atoms with E-state index >= 15 is 0 Å². The van der Waals surface area contributed by atoms with Gasteiger partial charge < -0.3 is 20.3 Å². The fourth-order valence-corrected chi connectivity index (χ4v) is 1.03. The van der Waals surface area contributed by atoms with Gasteiger partial charge in [-0.3, -0.25) is 0 Å². The van der Waals surface area contributed by atoms with Gasteiger partial charge in [-0.1, -0.05) is 13.8 Å². The fraction of sp³-hybridized carbons (Fsp3) is 1.00.